The molecule has 0 aliphatic rings. The Morgan fingerprint density at radius 1 is 1.27 bits per heavy atom. The van der Waals surface area contributed by atoms with Gasteiger partial charge >= 0.3 is 3.92 Å². The summed E-state index contributed by atoms with van der Waals surface area (Å²) < 4.78 is 18.8. The number of alkyl halides is 3. The number of hydrogen-bond acceptors (Lipinski definition) is 3. The van der Waals surface area contributed by atoms with E-state index in [-0.39, 0.29) is 0 Å². The molecule has 0 unspecified atom stereocenters. The van der Waals surface area contributed by atoms with Crippen LogP contribution in [0.3, 0.4) is 0 Å². The van der Waals surface area contributed by atoms with Crippen LogP contribution in [0.4, 0.5) is 10.1 Å². The van der Waals surface area contributed by atoms with Gasteiger partial charge in [0.25, 0.3) is 5.91 Å². The molecule has 1 amide bonds. The number of amides is 1. The molecule has 2 aromatic carbocycles. The second-order valence-electron chi connectivity index (χ2n) is 5.82. The lowest BCUT2D eigenvalue weighted by molar-refractivity contribution is 0.101. The smallest absolute Gasteiger partial charge is 0.324 e. The monoisotopic (exact) mass is 527 g/mol. The number of ether oxygens (including phenoxy) is 1. The Morgan fingerprint density at radius 2 is 1.96 bits per heavy atom. The van der Waals surface area contributed by atoms with E-state index in [1.54, 1.807) is 42.5 Å². The van der Waals surface area contributed by atoms with Crippen molar-refractivity contribution in [2.24, 2.45) is 5.92 Å². The van der Waals surface area contributed by atoms with Crippen molar-refractivity contribution in [1.29, 1.82) is 0 Å². The molecule has 0 aliphatic heterocycles. The van der Waals surface area contributed by atoms with Crippen molar-refractivity contribution < 1.29 is 13.9 Å². The van der Waals surface area contributed by atoms with E-state index in [1.165, 1.54) is 0 Å². The molecule has 0 aliphatic carbocycles. The fourth-order valence-corrected chi connectivity index (χ4v) is 3.66. The number of carbonyl (C=O) groups is 1. The maximum Gasteiger partial charge on any atom is 0.324 e. The van der Waals surface area contributed by atoms with E-state index >= 15 is 0 Å². The van der Waals surface area contributed by atoms with Gasteiger partial charge in [0.05, 0.1) is 17.9 Å². The normalized spacial score (nSPS) is 11.5. The lowest BCUT2D eigenvalue weighted by Crippen LogP contribution is -2.28. The molecule has 26 heavy (non-hydrogen) atoms. The molecule has 2 aromatic rings. The summed E-state index contributed by atoms with van der Waals surface area (Å²) in [7, 11) is 0. The van der Waals surface area contributed by atoms with Gasteiger partial charge in [-0.2, -0.15) is 4.39 Å². The third-order valence-electron chi connectivity index (χ3n) is 3.12. The maximum absolute atomic E-state index is 13.9. The minimum absolute atomic E-state index is 0.348. The van der Waals surface area contributed by atoms with Crippen molar-refractivity contribution in [2.75, 3.05) is 10.9 Å². The summed E-state index contributed by atoms with van der Waals surface area (Å²) in [6, 6.07) is 13.8. The predicted molar refractivity (Wildman–Crippen MR) is 116 cm³/mol. The van der Waals surface area contributed by atoms with Crippen molar-refractivity contribution in [1.82, 2.24) is 0 Å². The van der Waals surface area contributed by atoms with E-state index in [4.69, 9.17) is 27.9 Å². The highest BCUT2D eigenvalue weighted by atomic mass is 127. The number of nitrogens with zero attached hydrogens (tertiary/aromatic N) is 1. The van der Waals surface area contributed by atoms with Crippen LogP contribution in [0.1, 0.15) is 24.2 Å². The van der Waals surface area contributed by atoms with Crippen molar-refractivity contribution in [3.8, 4) is 5.75 Å². The molecule has 0 bridgehead atoms. The molecule has 0 N–H and O–H groups in total. The molecule has 3 nitrogen and oxygen atoms in total. The fourth-order valence-electron chi connectivity index (χ4n) is 2.02. The van der Waals surface area contributed by atoms with E-state index in [0.717, 1.165) is 7.88 Å². The first kappa shape index (κ1) is 21.6. The van der Waals surface area contributed by atoms with E-state index in [1.807, 2.05) is 19.9 Å². The van der Waals surface area contributed by atoms with Gasteiger partial charge in [0, 0.05) is 21.6 Å². The highest BCUT2D eigenvalue weighted by molar-refractivity contribution is 14.1. The van der Waals surface area contributed by atoms with Gasteiger partial charge in [-0.3, -0.25) is 4.79 Å². The highest BCUT2D eigenvalue weighted by Gasteiger charge is 2.33. The second-order valence-corrected chi connectivity index (χ2v) is 9.77. The number of anilines is 1. The Labute approximate surface area is 180 Å². The molecule has 0 atom stereocenters. The van der Waals surface area contributed by atoms with Crippen LogP contribution in [-0.4, -0.2) is 16.4 Å². The van der Waals surface area contributed by atoms with Gasteiger partial charge in [0.2, 0.25) is 0 Å². The average molecular weight is 528 g/mol. The Kier molecular flexibility index (Phi) is 7.88. The standard InChI is InChI=1S/C18H17Cl2FINO2S/c1-12(2)11-25-14-7-5-6-13(10-14)23(26-18(19,20)21)17(24)15-8-3-4-9-16(15)22/h3-10,12H,11H2,1-2H3. The van der Waals surface area contributed by atoms with Gasteiger partial charge < -0.3 is 4.74 Å². The maximum atomic E-state index is 13.9. The second kappa shape index (κ2) is 9.48. The largest absolute Gasteiger partial charge is 0.493 e. The minimum atomic E-state index is -2.66. The molecule has 2 rings (SSSR count). The molecule has 0 saturated carbocycles. The van der Waals surface area contributed by atoms with E-state index < -0.39 is 9.83 Å². The van der Waals surface area contributed by atoms with Gasteiger partial charge in [0.15, 0.2) is 0 Å². The number of benzene rings is 2. The first-order chi connectivity index (χ1) is 12.2. The summed E-state index contributed by atoms with van der Waals surface area (Å²) >= 11 is 13.5. The third kappa shape index (κ3) is 6.48. The minimum Gasteiger partial charge on any atom is -0.493 e. The Hall–Kier alpha value is -0.700. The number of rotatable bonds is 7. The van der Waals surface area contributed by atoms with Crippen molar-refractivity contribution in [3.05, 3.63) is 57.7 Å². The molecule has 0 fully saturated rings. The van der Waals surface area contributed by atoms with E-state index in [0.29, 0.717) is 41.5 Å². The van der Waals surface area contributed by atoms with Crippen LogP contribution in [0.15, 0.2) is 48.5 Å². The fraction of sp³-hybridized carbons (Fsp3) is 0.278. The number of halogens is 4. The van der Waals surface area contributed by atoms with Gasteiger partial charge in [-0.15, -0.1) is 0 Å². The number of hydrogen-bond donors (Lipinski definition) is 0. The summed E-state index contributed by atoms with van der Waals surface area (Å²) in [5.41, 5.74) is 0.843. The zero-order chi connectivity index (χ0) is 19.3. The van der Waals surface area contributed by atoms with Gasteiger partial charge in [-0.05, 0) is 52.8 Å². The van der Waals surface area contributed by atoms with Crippen molar-refractivity contribution in [3.63, 3.8) is 0 Å². The molecule has 0 spiro atoms. The first-order valence-corrected chi connectivity index (χ1v) is 10.4. The quantitative estimate of drug-likeness (QED) is 0.228. The van der Waals surface area contributed by atoms with Crippen LogP contribution >= 0.6 is 57.7 Å². The third-order valence-corrected chi connectivity index (χ3v) is 5.24. The topological polar surface area (TPSA) is 29.5 Å². The molecule has 0 radical (unpaired) electrons. The van der Waals surface area contributed by atoms with Crippen LogP contribution in [0.25, 0.3) is 0 Å². The summed E-state index contributed by atoms with van der Waals surface area (Å²) in [5.74, 6) is 0.496. The average Bonchev–Trinajstić information content (AvgIpc) is 2.57. The van der Waals surface area contributed by atoms with Crippen LogP contribution in [-0.2, 0) is 0 Å². The zero-order valence-electron chi connectivity index (χ0n) is 14.1. The molecule has 0 heterocycles. The van der Waals surface area contributed by atoms with E-state index in [2.05, 4.69) is 22.6 Å². The van der Waals surface area contributed by atoms with Gasteiger partial charge in [-0.1, -0.05) is 55.2 Å². The Morgan fingerprint density at radius 3 is 2.58 bits per heavy atom. The summed E-state index contributed by atoms with van der Waals surface area (Å²) in [6.07, 6.45) is 0. The van der Waals surface area contributed by atoms with Gasteiger partial charge in [0.1, 0.15) is 5.75 Å². The Bertz CT molecular complexity index is 771. The zero-order valence-corrected chi connectivity index (χ0v) is 18.6. The van der Waals surface area contributed by atoms with Crippen LogP contribution in [0.5, 0.6) is 5.75 Å². The van der Waals surface area contributed by atoms with Crippen molar-refractivity contribution in [2.45, 2.75) is 17.8 Å². The van der Waals surface area contributed by atoms with Crippen LogP contribution < -0.4 is 9.04 Å². The SMILES string of the molecule is CC(C)COc1cccc(N(SC(F)(Cl)Cl)C(=O)c2ccccc2I)c1. The molecule has 0 aromatic heterocycles. The summed E-state index contributed by atoms with van der Waals surface area (Å²) in [5, 5.41) is 0. The molecule has 140 valence electrons. The highest BCUT2D eigenvalue weighted by Crippen LogP contribution is 2.42. The van der Waals surface area contributed by atoms with Gasteiger partial charge in [-0.25, -0.2) is 4.31 Å². The first-order valence-electron chi connectivity index (χ1n) is 7.75. The number of carbonyl (C=O) groups excluding carboxylic acids is 1. The molecular formula is C18H17Cl2FINO2S. The van der Waals surface area contributed by atoms with Crippen LogP contribution in [0, 0.1) is 9.49 Å². The van der Waals surface area contributed by atoms with Crippen molar-refractivity contribution >= 4 is 69.3 Å². The van der Waals surface area contributed by atoms with Crippen LogP contribution in [0.2, 0.25) is 0 Å². The summed E-state index contributed by atoms with van der Waals surface area (Å²) in [4.78, 5) is 13.0. The lowest BCUT2D eigenvalue weighted by atomic mass is 10.2. The summed E-state index contributed by atoms with van der Waals surface area (Å²) in [6.45, 7) is 4.59. The Balaban J connectivity index is 2.37. The molecule has 8 heteroatoms. The van der Waals surface area contributed by atoms with E-state index in [9.17, 15) is 9.18 Å². The predicted octanol–water partition coefficient (Wildman–Crippen LogP) is 6.68. The molecule has 0 saturated heterocycles. The lowest BCUT2D eigenvalue weighted by Gasteiger charge is -2.25. The molecular weight excluding hydrogens is 511 g/mol.